The van der Waals surface area contributed by atoms with Crippen molar-refractivity contribution in [3.05, 3.63) is 80.6 Å². The van der Waals surface area contributed by atoms with Gasteiger partial charge in [0.1, 0.15) is 0 Å². The lowest BCUT2D eigenvalue weighted by atomic mass is 10.2. The average Bonchev–Trinajstić information content (AvgIpc) is 3.02. The van der Waals surface area contributed by atoms with Gasteiger partial charge in [-0.05, 0) is 30.7 Å². The van der Waals surface area contributed by atoms with Gasteiger partial charge in [-0.3, -0.25) is 14.9 Å². The monoisotopic (exact) mass is 371 g/mol. The number of amides is 1. The van der Waals surface area contributed by atoms with E-state index in [1.807, 2.05) is 12.1 Å². The van der Waals surface area contributed by atoms with Crippen LogP contribution in [0.1, 0.15) is 21.7 Å². The minimum absolute atomic E-state index is 0.0638. The van der Waals surface area contributed by atoms with Crippen molar-refractivity contribution < 1.29 is 9.72 Å². The van der Waals surface area contributed by atoms with Crippen LogP contribution in [0.5, 0.6) is 0 Å². The molecule has 8 nitrogen and oxygen atoms in total. The molecule has 1 N–H and O–H groups in total. The molecule has 3 aromatic rings. The molecule has 132 valence electrons. The first-order valence-corrected chi connectivity index (χ1v) is 8.03. The van der Waals surface area contributed by atoms with E-state index in [1.54, 1.807) is 31.2 Å². The number of hydrogen-bond acceptors (Lipinski definition) is 5. The van der Waals surface area contributed by atoms with Crippen LogP contribution in [0.4, 0.5) is 5.69 Å². The molecule has 0 bridgehead atoms. The van der Waals surface area contributed by atoms with Crippen molar-refractivity contribution in [1.29, 1.82) is 0 Å². The van der Waals surface area contributed by atoms with E-state index < -0.39 is 4.92 Å². The van der Waals surface area contributed by atoms with Gasteiger partial charge in [-0.15, -0.1) is 5.10 Å². The Bertz CT molecular complexity index is 969. The van der Waals surface area contributed by atoms with Gasteiger partial charge < -0.3 is 5.32 Å². The zero-order valence-electron chi connectivity index (χ0n) is 13.7. The minimum atomic E-state index is -0.491. The zero-order valence-corrected chi connectivity index (χ0v) is 14.5. The number of hydrogen-bond donors (Lipinski definition) is 1. The fourth-order valence-electron chi connectivity index (χ4n) is 2.39. The average molecular weight is 372 g/mol. The summed E-state index contributed by atoms with van der Waals surface area (Å²) in [6.07, 6.45) is 0. The predicted molar refractivity (Wildman–Crippen MR) is 95.4 cm³/mol. The third kappa shape index (κ3) is 3.70. The normalized spacial score (nSPS) is 10.5. The number of aromatic nitrogens is 3. The molecule has 0 saturated carbocycles. The van der Waals surface area contributed by atoms with Gasteiger partial charge in [-0.1, -0.05) is 35.0 Å². The van der Waals surface area contributed by atoms with E-state index >= 15 is 0 Å². The minimum Gasteiger partial charge on any atom is -0.347 e. The number of benzene rings is 2. The van der Waals surface area contributed by atoms with E-state index in [9.17, 15) is 14.9 Å². The number of nitro groups is 1. The van der Waals surface area contributed by atoms with Crippen molar-refractivity contribution in [3.8, 4) is 5.69 Å². The fraction of sp³-hybridized carbons (Fsp3) is 0.118. The molecule has 0 aliphatic rings. The van der Waals surface area contributed by atoms with Crippen LogP contribution in [0.3, 0.4) is 0 Å². The van der Waals surface area contributed by atoms with Crippen LogP contribution in [0.25, 0.3) is 5.69 Å². The highest BCUT2D eigenvalue weighted by molar-refractivity contribution is 6.30. The number of carbonyl (C=O) groups is 1. The van der Waals surface area contributed by atoms with Gasteiger partial charge in [0.05, 0.1) is 16.3 Å². The first-order valence-electron chi connectivity index (χ1n) is 7.65. The van der Waals surface area contributed by atoms with E-state index in [1.165, 1.54) is 16.8 Å². The van der Waals surface area contributed by atoms with Crippen LogP contribution in [-0.2, 0) is 6.54 Å². The van der Waals surface area contributed by atoms with Crippen molar-refractivity contribution in [2.45, 2.75) is 13.5 Å². The molecule has 0 spiro atoms. The summed E-state index contributed by atoms with van der Waals surface area (Å²) >= 11 is 5.83. The van der Waals surface area contributed by atoms with Gasteiger partial charge in [0, 0.05) is 23.7 Å². The summed E-state index contributed by atoms with van der Waals surface area (Å²) in [5.74, 6) is -0.380. The van der Waals surface area contributed by atoms with Crippen molar-refractivity contribution in [3.63, 3.8) is 0 Å². The highest BCUT2D eigenvalue weighted by Crippen LogP contribution is 2.18. The lowest BCUT2D eigenvalue weighted by Crippen LogP contribution is -2.24. The lowest BCUT2D eigenvalue weighted by Gasteiger charge is -2.05. The summed E-state index contributed by atoms with van der Waals surface area (Å²) in [6, 6.07) is 13.1. The smallest absolute Gasteiger partial charge is 0.274 e. The summed E-state index contributed by atoms with van der Waals surface area (Å²) in [4.78, 5) is 22.8. The third-order valence-corrected chi connectivity index (χ3v) is 4.01. The molecule has 0 saturated heterocycles. The van der Waals surface area contributed by atoms with E-state index in [0.29, 0.717) is 22.9 Å². The van der Waals surface area contributed by atoms with Crippen LogP contribution in [0.2, 0.25) is 5.02 Å². The quantitative estimate of drug-likeness (QED) is 0.548. The van der Waals surface area contributed by atoms with Crippen LogP contribution in [0.15, 0.2) is 48.5 Å². The Morgan fingerprint density at radius 2 is 2.00 bits per heavy atom. The van der Waals surface area contributed by atoms with Crippen molar-refractivity contribution in [2.24, 2.45) is 0 Å². The summed E-state index contributed by atoms with van der Waals surface area (Å²) in [6.45, 7) is 2.00. The predicted octanol–water partition coefficient (Wildman–Crippen LogP) is 3.07. The molecule has 0 atom stereocenters. The Morgan fingerprint density at radius 3 is 2.69 bits per heavy atom. The van der Waals surface area contributed by atoms with Crippen LogP contribution < -0.4 is 5.32 Å². The SMILES string of the molecule is Cc1c(C(=O)NCc2ccc(Cl)cc2)nnn1-c1cccc([N+](=O)[O-])c1. The van der Waals surface area contributed by atoms with Gasteiger partial charge in [-0.25, -0.2) is 4.68 Å². The number of rotatable bonds is 5. The first-order chi connectivity index (χ1) is 12.5. The second-order valence-corrected chi connectivity index (χ2v) is 5.96. The Labute approximate surface area is 153 Å². The van der Waals surface area contributed by atoms with Gasteiger partial charge in [0.25, 0.3) is 11.6 Å². The maximum Gasteiger partial charge on any atom is 0.274 e. The second kappa shape index (κ2) is 7.32. The summed E-state index contributed by atoms with van der Waals surface area (Å²) in [5.41, 5.74) is 1.93. The Morgan fingerprint density at radius 1 is 1.27 bits per heavy atom. The molecule has 1 heterocycles. The summed E-state index contributed by atoms with van der Waals surface area (Å²) in [7, 11) is 0. The number of carbonyl (C=O) groups excluding carboxylic acids is 1. The van der Waals surface area contributed by atoms with E-state index in [0.717, 1.165) is 5.56 Å². The molecule has 0 unspecified atom stereocenters. The van der Waals surface area contributed by atoms with Gasteiger partial charge in [0.2, 0.25) is 0 Å². The summed E-state index contributed by atoms with van der Waals surface area (Å²) in [5, 5.41) is 22.1. The number of nitrogens with one attached hydrogen (secondary N) is 1. The largest absolute Gasteiger partial charge is 0.347 e. The molecule has 3 rings (SSSR count). The molecule has 1 aromatic heterocycles. The Kier molecular flexibility index (Phi) is 4.94. The lowest BCUT2D eigenvalue weighted by molar-refractivity contribution is -0.384. The van der Waals surface area contributed by atoms with E-state index in [4.69, 9.17) is 11.6 Å². The number of non-ortho nitro benzene ring substituents is 1. The van der Waals surface area contributed by atoms with Crippen LogP contribution in [0, 0.1) is 17.0 Å². The molecule has 0 aliphatic heterocycles. The Hall–Kier alpha value is -3.26. The number of halogens is 1. The maximum absolute atomic E-state index is 12.4. The van der Waals surface area contributed by atoms with Crippen molar-refractivity contribution in [1.82, 2.24) is 20.3 Å². The van der Waals surface area contributed by atoms with Crippen LogP contribution in [-0.4, -0.2) is 25.8 Å². The van der Waals surface area contributed by atoms with Gasteiger partial charge in [-0.2, -0.15) is 0 Å². The molecule has 26 heavy (non-hydrogen) atoms. The third-order valence-electron chi connectivity index (χ3n) is 3.76. The second-order valence-electron chi connectivity index (χ2n) is 5.52. The number of nitro benzene ring substituents is 1. The molecular weight excluding hydrogens is 358 g/mol. The molecule has 0 aliphatic carbocycles. The maximum atomic E-state index is 12.4. The van der Waals surface area contributed by atoms with E-state index in [2.05, 4.69) is 15.6 Å². The topological polar surface area (TPSA) is 103 Å². The van der Waals surface area contributed by atoms with Crippen molar-refractivity contribution >= 4 is 23.2 Å². The highest BCUT2D eigenvalue weighted by Gasteiger charge is 2.18. The van der Waals surface area contributed by atoms with Gasteiger partial charge >= 0.3 is 0 Å². The van der Waals surface area contributed by atoms with Crippen molar-refractivity contribution in [2.75, 3.05) is 0 Å². The van der Waals surface area contributed by atoms with E-state index in [-0.39, 0.29) is 17.3 Å². The highest BCUT2D eigenvalue weighted by atomic mass is 35.5. The van der Waals surface area contributed by atoms with Gasteiger partial charge in [0.15, 0.2) is 5.69 Å². The molecule has 1 amide bonds. The molecule has 0 fully saturated rings. The molecule has 9 heteroatoms. The summed E-state index contributed by atoms with van der Waals surface area (Å²) < 4.78 is 1.39. The standard InChI is InChI=1S/C17H14ClN5O3/c1-11-16(17(24)19-10-12-5-7-13(18)8-6-12)20-21-22(11)14-3-2-4-15(9-14)23(25)26/h2-9H,10H2,1H3,(H,19,24). The number of nitrogens with zero attached hydrogens (tertiary/aromatic N) is 4. The molecular formula is C17H14ClN5O3. The first kappa shape index (κ1) is 17.6. The molecule has 2 aromatic carbocycles. The zero-order chi connectivity index (χ0) is 18.7. The van der Waals surface area contributed by atoms with Crippen LogP contribution >= 0.6 is 11.6 Å². The fourth-order valence-corrected chi connectivity index (χ4v) is 2.52. The molecule has 0 radical (unpaired) electrons. The Balaban J connectivity index is 1.77.